The van der Waals surface area contributed by atoms with Gasteiger partial charge >= 0.3 is 0 Å². The molecule has 0 aliphatic heterocycles. The molecule has 0 spiro atoms. The minimum atomic E-state index is -0.453. The Kier molecular flexibility index (Phi) is 4.65. The Hall–Kier alpha value is -1.85. The van der Waals surface area contributed by atoms with E-state index in [9.17, 15) is 10.1 Å². The maximum atomic E-state index is 10.8. The van der Waals surface area contributed by atoms with Crippen LogP contribution in [-0.2, 0) is 0 Å². The number of aromatic nitrogens is 1. The molecular formula is C14H13Cl2N3O2. The molecule has 2 aromatic rings. The number of pyridine rings is 1. The summed E-state index contributed by atoms with van der Waals surface area (Å²) >= 11 is 12.0. The third kappa shape index (κ3) is 3.62. The summed E-state index contributed by atoms with van der Waals surface area (Å²) in [6.07, 6.45) is 0. The molecule has 0 bridgehead atoms. The zero-order valence-electron chi connectivity index (χ0n) is 11.4. The van der Waals surface area contributed by atoms with E-state index in [1.807, 2.05) is 13.0 Å². The zero-order valence-corrected chi connectivity index (χ0v) is 12.9. The Morgan fingerprint density at radius 1 is 1.29 bits per heavy atom. The van der Waals surface area contributed by atoms with Gasteiger partial charge in [0, 0.05) is 16.1 Å². The Morgan fingerprint density at radius 2 is 2.00 bits per heavy atom. The highest BCUT2D eigenvalue weighted by Crippen LogP contribution is 2.28. The van der Waals surface area contributed by atoms with E-state index in [2.05, 4.69) is 10.3 Å². The largest absolute Gasteiger partial charge is 0.363 e. The summed E-state index contributed by atoms with van der Waals surface area (Å²) in [6, 6.07) is 8.16. The number of halogens is 2. The van der Waals surface area contributed by atoms with E-state index in [1.165, 1.54) is 6.07 Å². The summed E-state index contributed by atoms with van der Waals surface area (Å²) < 4.78 is 0. The highest BCUT2D eigenvalue weighted by molar-refractivity contribution is 6.35. The summed E-state index contributed by atoms with van der Waals surface area (Å²) in [5.74, 6) is 0.552. The lowest BCUT2D eigenvalue weighted by Gasteiger charge is -2.16. The molecule has 0 radical (unpaired) electrons. The molecule has 0 fully saturated rings. The van der Waals surface area contributed by atoms with Gasteiger partial charge in [0.05, 0.1) is 11.0 Å². The van der Waals surface area contributed by atoms with Crippen LogP contribution in [0, 0.1) is 17.0 Å². The lowest BCUT2D eigenvalue weighted by Crippen LogP contribution is -2.09. The van der Waals surface area contributed by atoms with Gasteiger partial charge in [-0.2, -0.15) is 0 Å². The number of nitrogens with zero attached hydrogens (tertiary/aromatic N) is 2. The van der Waals surface area contributed by atoms with Crippen molar-refractivity contribution in [2.45, 2.75) is 19.9 Å². The Morgan fingerprint density at radius 3 is 2.57 bits per heavy atom. The molecule has 1 aromatic carbocycles. The van der Waals surface area contributed by atoms with Crippen molar-refractivity contribution in [3.8, 4) is 0 Å². The van der Waals surface area contributed by atoms with Crippen LogP contribution in [0.15, 0.2) is 30.3 Å². The Labute approximate surface area is 132 Å². The van der Waals surface area contributed by atoms with Crippen LogP contribution >= 0.6 is 23.2 Å². The molecule has 21 heavy (non-hydrogen) atoms. The lowest BCUT2D eigenvalue weighted by molar-refractivity contribution is -0.385. The molecule has 7 heteroatoms. The topological polar surface area (TPSA) is 68.1 Å². The van der Waals surface area contributed by atoms with Gasteiger partial charge in [0.1, 0.15) is 11.5 Å². The molecule has 0 aliphatic rings. The summed E-state index contributed by atoms with van der Waals surface area (Å²) in [5, 5.41) is 15.1. The number of benzene rings is 1. The van der Waals surface area contributed by atoms with Crippen LogP contribution in [0.5, 0.6) is 0 Å². The van der Waals surface area contributed by atoms with Crippen molar-refractivity contribution in [2.75, 3.05) is 5.32 Å². The van der Waals surface area contributed by atoms with E-state index in [1.54, 1.807) is 25.1 Å². The maximum absolute atomic E-state index is 10.8. The van der Waals surface area contributed by atoms with Crippen LogP contribution < -0.4 is 5.32 Å². The highest BCUT2D eigenvalue weighted by atomic mass is 35.5. The SMILES string of the molecule is Cc1nc(NC(C)c2ccc(Cl)cc2Cl)ccc1[N+](=O)[O-]. The normalized spacial score (nSPS) is 12.0. The second-order valence-electron chi connectivity index (χ2n) is 4.59. The second kappa shape index (κ2) is 6.28. The fraction of sp³-hybridized carbons (Fsp3) is 0.214. The lowest BCUT2D eigenvalue weighted by atomic mass is 10.1. The first-order valence-electron chi connectivity index (χ1n) is 6.22. The Bertz CT molecular complexity index is 692. The van der Waals surface area contributed by atoms with Crippen LogP contribution in [-0.4, -0.2) is 9.91 Å². The number of aryl methyl sites for hydroxylation is 1. The average Bonchev–Trinajstić information content (AvgIpc) is 2.37. The standard InChI is InChI=1S/C14H13Cl2N3O2/c1-8(11-4-3-10(15)7-12(11)16)17-14-6-5-13(19(20)21)9(2)18-14/h3-8H,1-2H3,(H,17,18). The number of rotatable bonds is 4. The second-order valence-corrected chi connectivity index (χ2v) is 5.43. The van der Waals surface area contributed by atoms with Crippen LogP contribution in [0.2, 0.25) is 10.0 Å². The minimum absolute atomic E-state index is 0.00210. The predicted octanol–water partition coefficient (Wildman–Crippen LogP) is 4.78. The molecule has 0 saturated heterocycles. The van der Waals surface area contributed by atoms with Gasteiger partial charge in [-0.1, -0.05) is 29.3 Å². The fourth-order valence-corrected chi connectivity index (χ4v) is 2.55. The van der Waals surface area contributed by atoms with Crippen molar-refractivity contribution in [2.24, 2.45) is 0 Å². The number of anilines is 1. The Balaban J connectivity index is 2.21. The molecule has 0 amide bonds. The highest BCUT2D eigenvalue weighted by Gasteiger charge is 2.14. The van der Waals surface area contributed by atoms with Gasteiger partial charge in [0.2, 0.25) is 0 Å². The van der Waals surface area contributed by atoms with E-state index >= 15 is 0 Å². The number of nitrogens with one attached hydrogen (secondary N) is 1. The molecule has 1 aromatic heterocycles. The van der Waals surface area contributed by atoms with Gasteiger partial charge < -0.3 is 5.32 Å². The average molecular weight is 326 g/mol. The molecule has 0 saturated carbocycles. The van der Waals surface area contributed by atoms with Crippen molar-refractivity contribution in [1.82, 2.24) is 4.98 Å². The molecule has 1 unspecified atom stereocenters. The number of nitro groups is 1. The van der Waals surface area contributed by atoms with E-state index < -0.39 is 4.92 Å². The number of hydrogen-bond acceptors (Lipinski definition) is 4. The molecule has 110 valence electrons. The zero-order chi connectivity index (χ0) is 15.6. The van der Waals surface area contributed by atoms with Gasteiger partial charge in [0.15, 0.2) is 0 Å². The van der Waals surface area contributed by atoms with Crippen molar-refractivity contribution in [3.05, 3.63) is 61.7 Å². The third-order valence-corrected chi connectivity index (χ3v) is 3.61. The molecule has 5 nitrogen and oxygen atoms in total. The molecule has 1 N–H and O–H groups in total. The van der Waals surface area contributed by atoms with Gasteiger partial charge in [-0.15, -0.1) is 0 Å². The third-order valence-electron chi connectivity index (χ3n) is 3.05. The van der Waals surface area contributed by atoms with Crippen molar-refractivity contribution in [3.63, 3.8) is 0 Å². The van der Waals surface area contributed by atoms with Crippen LogP contribution in [0.25, 0.3) is 0 Å². The van der Waals surface area contributed by atoms with Gasteiger partial charge in [-0.25, -0.2) is 4.98 Å². The fourth-order valence-electron chi connectivity index (χ4n) is 1.98. The van der Waals surface area contributed by atoms with E-state index in [4.69, 9.17) is 23.2 Å². The monoisotopic (exact) mass is 325 g/mol. The van der Waals surface area contributed by atoms with E-state index in [0.717, 1.165) is 5.56 Å². The molecule has 1 atom stereocenters. The van der Waals surface area contributed by atoms with Crippen LogP contribution in [0.4, 0.5) is 11.5 Å². The number of hydrogen-bond donors (Lipinski definition) is 1. The van der Waals surface area contributed by atoms with Crippen LogP contribution in [0.3, 0.4) is 0 Å². The summed E-state index contributed by atoms with van der Waals surface area (Å²) in [4.78, 5) is 14.5. The smallest absolute Gasteiger partial charge is 0.290 e. The van der Waals surface area contributed by atoms with Gasteiger partial charge in [-0.05, 0) is 37.6 Å². The minimum Gasteiger partial charge on any atom is -0.363 e. The maximum Gasteiger partial charge on any atom is 0.290 e. The molecule has 2 rings (SSSR count). The van der Waals surface area contributed by atoms with Crippen molar-refractivity contribution in [1.29, 1.82) is 0 Å². The van der Waals surface area contributed by atoms with Gasteiger partial charge in [-0.3, -0.25) is 10.1 Å². The summed E-state index contributed by atoms with van der Waals surface area (Å²) in [6.45, 7) is 3.52. The molecule has 0 aliphatic carbocycles. The molecular weight excluding hydrogens is 313 g/mol. The van der Waals surface area contributed by atoms with Gasteiger partial charge in [0.25, 0.3) is 5.69 Å². The molecule has 1 heterocycles. The van der Waals surface area contributed by atoms with Crippen molar-refractivity contribution < 1.29 is 4.92 Å². The first-order chi connectivity index (χ1) is 9.88. The predicted molar refractivity (Wildman–Crippen MR) is 84.1 cm³/mol. The van der Waals surface area contributed by atoms with Crippen molar-refractivity contribution >= 4 is 34.7 Å². The first-order valence-corrected chi connectivity index (χ1v) is 6.97. The van der Waals surface area contributed by atoms with E-state index in [0.29, 0.717) is 21.6 Å². The van der Waals surface area contributed by atoms with Crippen LogP contribution in [0.1, 0.15) is 24.2 Å². The van der Waals surface area contributed by atoms with E-state index in [-0.39, 0.29) is 11.7 Å². The summed E-state index contributed by atoms with van der Waals surface area (Å²) in [5.41, 5.74) is 1.23. The first kappa shape index (κ1) is 15.5. The summed E-state index contributed by atoms with van der Waals surface area (Å²) in [7, 11) is 0. The quantitative estimate of drug-likeness (QED) is 0.648.